The van der Waals surface area contributed by atoms with Crippen molar-refractivity contribution in [3.63, 3.8) is 0 Å². The minimum Gasteiger partial charge on any atom is -0.493 e. The lowest BCUT2D eigenvalue weighted by Gasteiger charge is -2.18. The Kier molecular flexibility index (Phi) is 33.7. The van der Waals surface area contributed by atoms with Crippen molar-refractivity contribution in [1.29, 1.82) is 0 Å². The Bertz CT molecular complexity index is 3150. The Morgan fingerprint density at radius 1 is 0.372 bits per heavy atom. The van der Waals surface area contributed by atoms with Gasteiger partial charge in [-0.25, -0.2) is 0 Å². The summed E-state index contributed by atoms with van der Waals surface area (Å²) in [6, 6.07) is 35.5. The van der Waals surface area contributed by atoms with Crippen molar-refractivity contribution in [3.05, 3.63) is 128 Å². The fourth-order valence-corrected chi connectivity index (χ4v) is 16.8. The second kappa shape index (κ2) is 42.5. The van der Waals surface area contributed by atoms with Gasteiger partial charge in [0.2, 0.25) is 0 Å². The van der Waals surface area contributed by atoms with E-state index in [-0.39, 0.29) is 11.8 Å². The Morgan fingerprint density at radius 2 is 0.745 bits per heavy atom. The lowest BCUT2D eigenvalue weighted by Crippen LogP contribution is -2.30. The van der Waals surface area contributed by atoms with Crippen LogP contribution in [0.15, 0.2) is 97.1 Å². The molecule has 0 aliphatic carbocycles. The molecule has 0 fully saturated rings. The average Bonchev–Trinajstić information content (AvgIpc) is 1.56. The van der Waals surface area contributed by atoms with Gasteiger partial charge in [0.1, 0.15) is 11.5 Å². The van der Waals surface area contributed by atoms with Gasteiger partial charge in [-0.1, -0.05) is 280 Å². The van der Waals surface area contributed by atoms with Gasteiger partial charge in [0, 0.05) is 22.8 Å². The number of rotatable bonds is 51. The highest BCUT2D eigenvalue weighted by Gasteiger charge is 2.44. The highest BCUT2D eigenvalue weighted by molar-refractivity contribution is 7.18. The molecule has 2 unspecified atom stereocenters. The molecule has 6 nitrogen and oxygen atoms in total. The molecule has 0 radical (unpaired) electrons. The highest BCUT2D eigenvalue weighted by atomic mass is 32.1. The molecule has 8 rings (SSSR count). The Hall–Kier alpha value is -5.18. The molecule has 94 heavy (non-hydrogen) atoms. The Balaban J connectivity index is 0.847. The maximum absolute atomic E-state index is 15.1. The lowest BCUT2D eigenvalue weighted by molar-refractivity contribution is -0.114. The van der Waals surface area contributed by atoms with E-state index in [0.29, 0.717) is 36.1 Å². The SMILES string of the molecule is CCCCCCCCCCC(CCCCCCCC)COc1ccc(CCCCCN2C(=O)/C(=C3/C(=O)N(CCCCCc4ccc(OCC(CCCCCCCC)CCCCCCCCCC)cc4)c4cc(-c5ccc6cc(C)ccc6c5)sc43)c3sc(C)cc32)cc1. The average molecular weight is 1310 g/mol. The molecule has 2 aliphatic heterocycles. The largest absolute Gasteiger partial charge is 0.493 e. The summed E-state index contributed by atoms with van der Waals surface area (Å²) in [4.78, 5) is 38.3. The van der Waals surface area contributed by atoms with E-state index in [1.807, 2.05) is 9.80 Å². The molecule has 2 atom stereocenters. The number of fused-ring (bicyclic) bond motifs is 3. The molecule has 6 aromatic rings. The minimum atomic E-state index is -0.0326. The summed E-state index contributed by atoms with van der Waals surface area (Å²) in [5.41, 5.74) is 8.15. The first-order valence-electron chi connectivity index (χ1n) is 38.7. The second-order valence-corrected chi connectivity index (χ2v) is 30.8. The molecular weight excluding hydrogens is 1190 g/mol. The van der Waals surface area contributed by atoms with E-state index >= 15 is 9.59 Å². The molecule has 4 aromatic carbocycles. The normalized spacial score (nSPS) is 14.4. The van der Waals surface area contributed by atoms with E-state index in [0.717, 1.165) is 113 Å². The first-order valence-corrected chi connectivity index (χ1v) is 40.4. The van der Waals surface area contributed by atoms with Gasteiger partial charge in [-0.3, -0.25) is 9.59 Å². The topological polar surface area (TPSA) is 59.1 Å². The summed E-state index contributed by atoms with van der Waals surface area (Å²) < 4.78 is 13.0. The summed E-state index contributed by atoms with van der Waals surface area (Å²) in [7, 11) is 0. The van der Waals surface area contributed by atoms with Gasteiger partial charge >= 0.3 is 0 Å². The third-order valence-electron chi connectivity index (χ3n) is 20.4. The van der Waals surface area contributed by atoms with Crippen molar-refractivity contribution >= 4 is 67.8 Å². The highest BCUT2D eigenvalue weighted by Crippen LogP contribution is 2.53. The van der Waals surface area contributed by atoms with E-state index in [1.54, 1.807) is 22.7 Å². The lowest BCUT2D eigenvalue weighted by atomic mass is 9.94. The van der Waals surface area contributed by atoms with Crippen LogP contribution in [0, 0.1) is 25.7 Å². The molecule has 514 valence electrons. The van der Waals surface area contributed by atoms with Crippen LogP contribution < -0.4 is 19.3 Å². The molecule has 0 saturated carbocycles. The zero-order valence-electron chi connectivity index (χ0n) is 59.8. The predicted octanol–water partition coefficient (Wildman–Crippen LogP) is 26.2. The summed E-state index contributed by atoms with van der Waals surface area (Å²) in [5.74, 6) is 3.18. The number of ether oxygens (including phenoxy) is 2. The number of aryl methyl sites for hydroxylation is 4. The quantitative estimate of drug-likeness (QED) is 0.0282. The van der Waals surface area contributed by atoms with Gasteiger partial charge in [0.25, 0.3) is 11.8 Å². The van der Waals surface area contributed by atoms with Crippen LogP contribution >= 0.6 is 22.7 Å². The van der Waals surface area contributed by atoms with Crippen LogP contribution in [-0.2, 0) is 22.4 Å². The maximum Gasteiger partial charge on any atom is 0.260 e. The molecule has 4 heterocycles. The second-order valence-electron chi connectivity index (χ2n) is 28.5. The summed E-state index contributed by atoms with van der Waals surface area (Å²) >= 11 is 3.33. The fourth-order valence-electron chi connectivity index (χ4n) is 14.5. The van der Waals surface area contributed by atoms with Crippen LogP contribution in [0.5, 0.6) is 11.5 Å². The van der Waals surface area contributed by atoms with Crippen LogP contribution in [0.4, 0.5) is 11.4 Å². The van der Waals surface area contributed by atoms with Gasteiger partial charge in [-0.05, 0) is 160 Å². The molecule has 0 bridgehead atoms. The van der Waals surface area contributed by atoms with Crippen molar-refractivity contribution in [1.82, 2.24) is 0 Å². The van der Waals surface area contributed by atoms with E-state index in [1.165, 1.54) is 233 Å². The Labute approximate surface area is 579 Å². The predicted molar refractivity (Wildman–Crippen MR) is 409 cm³/mol. The monoisotopic (exact) mass is 1310 g/mol. The molecule has 0 spiro atoms. The minimum absolute atomic E-state index is 0.0285. The van der Waals surface area contributed by atoms with E-state index < -0.39 is 0 Å². The number of anilines is 2. The molecule has 8 heteroatoms. The van der Waals surface area contributed by atoms with Gasteiger partial charge in [-0.2, -0.15) is 0 Å². The van der Waals surface area contributed by atoms with Crippen molar-refractivity contribution < 1.29 is 19.1 Å². The number of hydrogen-bond acceptors (Lipinski definition) is 6. The molecular formula is C86H124N2O4S2. The molecule has 2 aliphatic rings. The summed E-state index contributed by atoms with van der Waals surface area (Å²) in [5, 5.41) is 2.42. The van der Waals surface area contributed by atoms with Crippen LogP contribution in [0.2, 0.25) is 0 Å². The van der Waals surface area contributed by atoms with Crippen LogP contribution in [0.1, 0.15) is 303 Å². The zero-order chi connectivity index (χ0) is 66.0. The number of amides is 2. The van der Waals surface area contributed by atoms with Crippen molar-refractivity contribution in [3.8, 4) is 21.9 Å². The number of hydrogen-bond donors (Lipinski definition) is 0. The molecule has 2 aromatic heterocycles. The summed E-state index contributed by atoms with van der Waals surface area (Å²) in [6.45, 7) is 16.4. The van der Waals surface area contributed by atoms with Crippen LogP contribution in [0.3, 0.4) is 0 Å². The number of carbonyl (C=O) groups is 2. The van der Waals surface area contributed by atoms with E-state index in [2.05, 4.69) is 139 Å². The smallest absolute Gasteiger partial charge is 0.260 e. The number of carbonyl (C=O) groups excluding carboxylic acids is 2. The van der Waals surface area contributed by atoms with Crippen molar-refractivity contribution in [2.45, 2.75) is 298 Å². The van der Waals surface area contributed by atoms with Gasteiger partial charge < -0.3 is 19.3 Å². The number of thiophene rings is 2. The van der Waals surface area contributed by atoms with Gasteiger partial charge in [0.05, 0.1) is 45.5 Å². The maximum atomic E-state index is 15.1. The van der Waals surface area contributed by atoms with Crippen molar-refractivity contribution in [2.24, 2.45) is 11.8 Å². The number of benzene rings is 4. The molecule has 0 saturated heterocycles. The standard InChI is InChI=1S/C86H124N2O4S2/c1-7-11-15-19-23-25-29-35-45-71(43-33-27-21-17-13-9-3)65-91-76-55-48-69(49-56-76)41-37-31-39-59-87-78-62-68(6)93-83(78)81(85(87)89)82-84-79(64-80(94-84)75-54-53-73-61-67(5)47-52-74(73)63-75)88(86(82)90)60-40-32-38-42-70-50-57-77(58-51-70)92-66-72(44-34-28-22-18-14-10-4)46-36-30-26-24-20-16-12-8-2/h47-58,61-64,71-72H,7-46,59-60,65-66H2,1-6H3/b82-81+. The first kappa shape index (κ1) is 74.6. The van der Waals surface area contributed by atoms with Gasteiger partial charge in [0.15, 0.2) is 0 Å². The van der Waals surface area contributed by atoms with E-state index in [4.69, 9.17) is 9.47 Å². The van der Waals surface area contributed by atoms with E-state index in [9.17, 15) is 0 Å². The zero-order valence-corrected chi connectivity index (χ0v) is 61.5. The third-order valence-corrected chi connectivity index (χ3v) is 22.7. The molecule has 0 N–H and O–H groups in total. The fraction of sp³-hybridized carbons (Fsp3) is 0.605. The number of nitrogens with zero attached hydrogens (tertiary/aromatic N) is 2. The molecule has 2 amide bonds. The summed E-state index contributed by atoms with van der Waals surface area (Å²) in [6.07, 6.45) is 51.0. The first-order chi connectivity index (χ1) is 46.2. The number of unbranched alkanes of at least 4 members (excludes halogenated alkanes) is 28. The van der Waals surface area contributed by atoms with Crippen LogP contribution in [0.25, 0.3) is 32.4 Å². The third kappa shape index (κ3) is 24.1. The van der Waals surface area contributed by atoms with Crippen LogP contribution in [-0.4, -0.2) is 38.1 Å². The van der Waals surface area contributed by atoms with Crippen molar-refractivity contribution in [2.75, 3.05) is 36.1 Å². The Morgan fingerprint density at radius 3 is 1.18 bits per heavy atom. The van der Waals surface area contributed by atoms with Gasteiger partial charge in [-0.15, -0.1) is 22.7 Å².